The second kappa shape index (κ2) is 13.7. The number of imidazole rings is 1. The summed E-state index contributed by atoms with van der Waals surface area (Å²) in [5, 5.41) is 7.32. The fourth-order valence-corrected chi connectivity index (χ4v) is 5.20. The number of hydrogen-bond acceptors (Lipinski definition) is 2. The van der Waals surface area contributed by atoms with Crippen LogP contribution in [-0.2, 0) is 31.9 Å². The van der Waals surface area contributed by atoms with Crippen LogP contribution in [-0.4, -0.2) is 20.9 Å². The molecule has 0 aliphatic heterocycles. The Labute approximate surface area is 209 Å². The van der Waals surface area contributed by atoms with Gasteiger partial charge in [-0.05, 0) is 51.3 Å². The normalized spacial score (nSPS) is 15.5. The quantitative estimate of drug-likeness (QED) is 0.197. The minimum absolute atomic E-state index is 0. The third-order valence-electron chi connectivity index (χ3n) is 3.52. The van der Waals surface area contributed by atoms with Crippen molar-refractivity contribution in [3.8, 4) is 6.07 Å². The SMILES string of the molecule is CC#N.CC(C)P(c1nc(C(C)(C)C)cn1C)C(C)C.F[P-](F)(F)(F)(F)F.[CH]1[CH][CH][CH][CH]1.[Ru+2]. The molecule has 1 heterocycles. The number of aryl methyl sites for hydroxylation is 1. The van der Waals surface area contributed by atoms with Gasteiger partial charge in [0.15, 0.2) is 0 Å². The molecule has 33 heavy (non-hydrogen) atoms. The van der Waals surface area contributed by atoms with E-state index in [1.165, 1.54) is 18.2 Å². The van der Waals surface area contributed by atoms with E-state index in [2.05, 4.69) is 66.3 Å². The van der Waals surface area contributed by atoms with Gasteiger partial charge in [-0.3, -0.25) is 0 Å². The molecule has 193 valence electrons. The van der Waals surface area contributed by atoms with Gasteiger partial charge in [0.2, 0.25) is 0 Å². The molecule has 0 unspecified atom stereocenters. The molecule has 0 aromatic carbocycles. The van der Waals surface area contributed by atoms with Crippen molar-refractivity contribution in [3.63, 3.8) is 0 Å². The predicted molar refractivity (Wildman–Crippen MR) is 125 cm³/mol. The number of nitriles is 1. The van der Waals surface area contributed by atoms with E-state index >= 15 is 0 Å². The van der Waals surface area contributed by atoms with Crippen LogP contribution in [0.1, 0.15) is 61.1 Å². The summed E-state index contributed by atoms with van der Waals surface area (Å²) in [6, 6.07) is 1.75. The van der Waals surface area contributed by atoms with Crippen LogP contribution < -0.4 is 5.57 Å². The van der Waals surface area contributed by atoms with Gasteiger partial charge in [-0.15, -0.1) is 0 Å². The van der Waals surface area contributed by atoms with Crippen molar-refractivity contribution in [2.75, 3.05) is 0 Å². The molecule has 1 fully saturated rings. The Morgan fingerprint density at radius 2 is 1.18 bits per heavy atom. The number of hydrogen-bond donors (Lipinski definition) is 0. The molecule has 0 amide bonds. The second-order valence-electron chi connectivity index (χ2n) is 8.53. The van der Waals surface area contributed by atoms with Gasteiger partial charge in [0, 0.05) is 25.6 Å². The summed E-state index contributed by atoms with van der Waals surface area (Å²) in [6.07, 6.45) is 12.2. The maximum atomic E-state index is 9.87. The zero-order valence-electron chi connectivity index (χ0n) is 20.5. The van der Waals surface area contributed by atoms with Gasteiger partial charge in [0.05, 0.1) is 11.8 Å². The third kappa shape index (κ3) is 23.3. The number of halogens is 6. The molecule has 1 aliphatic carbocycles. The van der Waals surface area contributed by atoms with Crippen LogP contribution in [0.4, 0.5) is 25.2 Å². The first-order valence-corrected chi connectivity index (χ1v) is 13.4. The molecule has 0 saturated heterocycles. The van der Waals surface area contributed by atoms with Gasteiger partial charge in [-0.25, -0.2) is 4.98 Å². The van der Waals surface area contributed by atoms with Crippen molar-refractivity contribution < 1.29 is 44.7 Å². The summed E-state index contributed by atoms with van der Waals surface area (Å²) < 4.78 is 61.4. The zero-order valence-corrected chi connectivity index (χ0v) is 24.0. The van der Waals surface area contributed by atoms with E-state index in [0.717, 1.165) is 0 Å². The van der Waals surface area contributed by atoms with Crippen LogP contribution in [0.15, 0.2) is 6.20 Å². The smallest absolute Gasteiger partial charge is 0.0312 e. The van der Waals surface area contributed by atoms with Gasteiger partial charge in [-0.1, -0.05) is 48.5 Å². The van der Waals surface area contributed by atoms with Crippen molar-refractivity contribution in [2.24, 2.45) is 7.05 Å². The van der Waals surface area contributed by atoms with E-state index in [0.29, 0.717) is 11.3 Å². The van der Waals surface area contributed by atoms with Crippen LogP contribution in [0.25, 0.3) is 0 Å². The Kier molecular flexibility index (Phi) is 15.5. The Hall–Kier alpha value is -0.237. The average molecular weight is 607 g/mol. The molecule has 0 bridgehead atoms. The molecule has 0 N–H and O–H groups in total. The van der Waals surface area contributed by atoms with Crippen LogP contribution in [0.5, 0.6) is 0 Å². The minimum atomic E-state index is -10.7. The first-order valence-electron chi connectivity index (χ1n) is 9.87. The van der Waals surface area contributed by atoms with Crippen molar-refractivity contribution in [1.82, 2.24) is 9.55 Å². The molecule has 5 radical (unpaired) electrons. The monoisotopic (exact) mass is 607 g/mol. The standard InChI is InChI=1S/C14H27N2P.C5H5.C2H3N.F6P.Ru/c1-10(2)17(11(3)4)13-15-12(9-16(13)8)14(5,6)7;1-2-4-5-3-1;1-2-3;1-7(2,3,4,5)6;/h9-11H,1-8H3;1-5H;1H3;;/q;;;-1;+2. The van der Waals surface area contributed by atoms with E-state index in [9.17, 15) is 25.2 Å². The van der Waals surface area contributed by atoms with Crippen LogP contribution in [0.3, 0.4) is 0 Å². The number of aromatic nitrogens is 2. The molecule has 1 aliphatic rings. The van der Waals surface area contributed by atoms with Gasteiger partial charge in [0.1, 0.15) is 5.57 Å². The van der Waals surface area contributed by atoms with Crippen LogP contribution in [0, 0.1) is 43.4 Å². The van der Waals surface area contributed by atoms with Gasteiger partial charge >= 0.3 is 52.5 Å². The Morgan fingerprint density at radius 1 is 0.909 bits per heavy atom. The predicted octanol–water partition coefficient (Wildman–Crippen LogP) is 8.57. The van der Waals surface area contributed by atoms with Gasteiger partial charge in [0.25, 0.3) is 0 Å². The first-order chi connectivity index (χ1) is 14.0. The summed E-state index contributed by atoms with van der Waals surface area (Å²) in [6.45, 7) is 17.4. The summed E-state index contributed by atoms with van der Waals surface area (Å²) in [5.74, 6) is 0. The summed E-state index contributed by atoms with van der Waals surface area (Å²) >= 11 is 0. The van der Waals surface area contributed by atoms with E-state index in [1.54, 1.807) is 6.07 Å². The van der Waals surface area contributed by atoms with Crippen molar-refractivity contribution in [3.05, 3.63) is 44.0 Å². The Bertz CT molecular complexity index is 690. The molecule has 1 saturated carbocycles. The maximum Gasteiger partial charge on any atom is 2.00 e. The maximum absolute atomic E-state index is 10.7. The second-order valence-corrected chi connectivity index (χ2v) is 13.7. The molecule has 0 atom stereocenters. The first kappa shape index (κ1) is 37.3. The molecule has 1 aromatic rings. The molecule has 1 aromatic heterocycles. The van der Waals surface area contributed by atoms with E-state index < -0.39 is 7.81 Å². The average Bonchev–Trinajstić information content (AvgIpc) is 3.17. The zero-order chi connectivity index (χ0) is 26.0. The largest absolute Gasteiger partial charge is 2.00 e. The summed E-state index contributed by atoms with van der Waals surface area (Å²) in [7, 11) is -8.69. The van der Waals surface area contributed by atoms with Gasteiger partial charge in [-0.2, -0.15) is 5.26 Å². The number of nitrogens with zero attached hydrogens (tertiary/aromatic N) is 3. The van der Waals surface area contributed by atoms with Crippen molar-refractivity contribution in [2.45, 2.75) is 72.1 Å². The Morgan fingerprint density at radius 3 is 1.36 bits per heavy atom. The van der Waals surface area contributed by atoms with Crippen molar-refractivity contribution in [1.29, 1.82) is 5.26 Å². The molecule has 12 heteroatoms. The fourth-order valence-electron chi connectivity index (χ4n) is 2.44. The summed E-state index contributed by atoms with van der Waals surface area (Å²) in [5.41, 5.74) is 4.04. The summed E-state index contributed by atoms with van der Waals surface area (Å²) in [4.78, 5) is 4.92. The molecule has 0 spiro atoms. The molecule has 2 rings (SSSR count). The van der Waals surface area contributed by atoms with E-state index in [1.807, 2.05) is 32.1 Å². The third-order valence-corrected chi connectivity index (χ3v) is 6.62. The molecular weight excluding hydrogens is 571 g/mol. The fraction of sp³-hybridized carbons (Fsp3) is 0.571. The van der Waals surface area contributed by atoms with Crippen LogP contribution in [0.2, 0.25) is 0 Å². The van der Waals surface area contributed by atoms with Crippen LogP contribution >= 0.6 is 15.7 Å². The molecular formula is C21H35F6N3P2Ru+. The van der Waals surface area contributed by atoms with Crippen molar-refractivity contribution >= 4 is 21.3 Å². The van der Waals surface area contributed by atoms with E-state index in [-0.39, 0.29) is 32.8 Å². The number of rotatable bonds is 3. The van der Waals surface area contributed by atoms with E-state index in [4.69, 9.17) is 10.2 Å². The topological polar surface area (TPSA) is 41.6 Å². The Balaban J connectivity index is -0.000000462. The minimum Gasteiger partial charge on any atom is -0.0312 e. The molecule has 3 nitrogen and oxygen atoms in total. The van der Waals surface area contributed by atoms with Gasteiger partial charge < -0.3 is 4.57 Å².